The molecule has 0 saturated carbocycles. The Balaban J connectivity index is 2.06. The fraction of sp³-hybridized carbons (Fsp3) is 0.714. The highest BCUT2D eigenvalue weighted by molar-refractivity contribution is 7.17. The first-order chi connectivity index (χ1) is 8.79. The lowest BCUT2D eigenvalue weighted by Crippen LogP contribution is -2.37. The summed E-state index contributed by atoms with van der Waals surface area (Å²) in [6, 6.07) is 0. The van der Waals surface area contributed by atoms with Gasteiger partial charge in [0.25, 0.3) is 0 Å². The number of thiazole rings is 1. The lowest BCUT2D eigenvalue weighted by Gasteiger charge is -2.38. The Kier molecular flexibility index (Phi) is 3.85. The van der Waals surface area contributed by atoms with Crippen LogP contribution in [0.5, 0.6) is 0 Å². The fourth-order valence-corrected chi connectivity index (χ4v) is 3.61. The molecule has 1 N–H and O–H groups in total. The van der Waals surface area contributed by atoms with E-state index in [1.54, 1.807) is 6.92 Å². The van der Waals surface area contributed by atoms with Crippen molar-refractivity contribution in [3.05, 3.63) is 10.6 Å². The minimum atomic E-state index is -0.870. The third-order valence-corrected chi connectivity index (χ3v) is 5.18. The van der Waals surface area contributed by atoms with E-state index in [1.807, 2.05) is 0 Å². The number of carbonyl (C=O) groups is 1. The number of anilines is 1. The summed E-state index contributed by atoms with van der Waals surface area (Å²) in [6.07, 6.45) is 2.31. The summed E-state index contributed by atoms with van der Waals surface area (Å²) in [6.45, 7) is 10.6. The SMILES string of the molecule is Cc1nc(N2CCC(C(C)(C)C)CC2)sc1C(=O)O. The minimum absolute atomic E-state index is 0.358. The van der Waals surface area contributed by atoms with Crippen LogP contribution in [0.25, 0.3) is 0 Å². The second-order valence-electron chi connectivity index (χ2n) is 6.34. The number of carboxylic acid groups (broad SMARTS) is 1. The molecule has 2 rings (SSSR count). The zero-order chi connectivity index (χ0) is 14.2. The average Bonchev–Trinajstić information content (AvgIpc) is 2.70. The van der Waals surface area contributed by atoms with Gasteiger partial charge in [-0.15, -0.1) is 0 Å². The maximum Gasteiger partial charge on any atom is 0.347 e. The molecule has 0 radical (unpaired) electrons. The lowest BCUT2D eigenvalue weighted by atomic mass is 9.75. The van der Waals surface area contributed by atoms with E-state index in [0.29, 0.717) is 16.0 Å². The summed E-state index contributed by atoms with van der Waals surface area (Å²) < 4.78 is 0. The Morgan fingerprint density at radius 1 is 1.37 bits per heavy atom. The Morgan fingerprint density at radius 2 is 1.95 bits per heavy atom. The highest BCUT2D eigenvalue weighted by atomic mass is 32.1. The van der Waals surface area contributed by atoms with Gasteiger partial charge >= 0.3 is 5.97 Å². The van der Waals surface area contributed by atoms with E-state index >= 15 is 0 Å². The smallest absolute Gasteiger partial charge is 0.347 e. The molecule has 106 valence electrons. The molecule has 1 aliphatic rings. The molecule has 1 aromatic heterocycles. The summed E-state index contributed by atoms with van der Waals surface area (Å²) in [7, 11) is 0. The van der Waals surface area contributed by atoms with Gasteiger partial charge in [-0.25, -0.2) is 9.78 Å². The Labute approximate surface area is 118 Å². The van der Waals surface area contributed by atoms with E-state index in [2.05, 4.69) is 30.7 Å². The third kappa shape index (κ3) is 3.08. The molecule has 4 nitrogen and oxygen atoms in total. The highest BCUT2D eigenvalue weighted by Crippen LogP contribution is 2.36. The van der Waals surface area contributed by atoms with Gasteiger partial charge in [-0.1, -0.05) is 32.1 Å². The second kappa shape index (κ2) is 5.12. The summed E-state index contributed by atoms with van der Waals surface area (Å²) in [5.41, 5.74) is 0.988. The van der Waals surface area contributed by atoms with Crippen molar-refractivity contribution < 1.29 is 9.90 Å². The van der Waals surface area contributed by atoms with Crippen molar-refractivity contribution in [2.45, 2.75) is 40.5 Å². The molecule has 1 fully saturated rings. The molecule has 5 heteroatoms. The molecule has 0 aromatic carbocycles. The van der Waals surface area contributed by atoms with Crippen molar-refractivity contribution in [2.24, 2.45) is 11.3 Å². The van der Waals surface area contributed by atoms with Crippen LogP contribution in [-0.4, -0.2) is 29.1 Å². The molecule has 0 atom stereocenters. The van der Waals surface area contributed by atoms with E-state index in [9.17, 15) is 4.79 Å². The van der Waals surface area contributed by atoms with Gasteiger partial charge in [-0.05, 0) is 31.1 Å². The van der Waals surface area contributed by atoms with Crippen LogP contribution < -0.4 is 4.90 Å². The number of aromatic nitrogens is 1. The molecule has 19 heavy (non-hydrogen) atoms. The van der Waals surface area contributed by atoms with Gasteiger partial charge in [0.1, 0.15) is 4.88 Å². The number of nitrogens with zero attached hydrogens (tertiary/aromatic N) is 2. The second-order valence-corrected chi connectivity index (χ2v) is 7.32. The van der Waals surface area contributed by atoms with Gasteiger partial charge in [0.05, 0.1) is 5.69 Å². The summed E-state index contributed by atoms with van der Waals surface area (Å²) in [5, 5.41) is 9.94. The summed E-state index contributed by atoms with van der Waals surface area (Å²) >= 11 is 1.30. The maximum absolute atomic E-state index is 11.1. The van der Waals surface area contributed by atoms with E-state index in [1.165, 1.54) is 11.3 Å². The lowest BCUT2D eigenvalue weighted by molar-refractivity contribution is 0.0701. The quantitative estimate of drug-likeness (QED) is 0.903. The molecule has 0 bridgehead atoms. The molecule has 0 unspecified atom stereocenters. The van der Waals surface area contributed by atoms with Crippen LogP contribution in [0.15, 0.2) is 0 Å². The van der Waals surface area contributed by atoms with E-state index in [0.717, 1.165) is 37.0 Å². The Hall–Kier alpha value is -1.10. The van der Waals surface area contributed by atoms with Crippen molar-refractivity contribution in [1.29, 1.82) is 0 Å². The highest BCUT2D eigenvalue weighted by Gasteiger charge is 2.30. The maximum atomic E-state index is 11.1. The number of rotatable bonds is 2. The molecular weight excluding hydrogens is 260 g/mol. The van der Waals surface area contributed by atoms with E-state index in [-0.39, 0.29) is 0 Å². The molecule has 0 spiro atoms. The van der Waals surface area contributed by atoms with Crippen LogP contribution >= 0.6 is 11.3 Å². The van der Waals surface area contributed by atoms with Crippen LogP contribution in [0.4, 0.5) is 5.13 Å². The number of aromatic carboxylic acids is 1. The zero-order valence-corrected chi connectivity index (χ0v) is 12.9. The first kappa shape index (κ1) is 14.3. The van der Waals surface area contributed by atoms with Gasteiger partial charge < -0.3 is 10.0 Å². The average molecular weight is 282 g/mol. The first-order valence-electron chi connectivity index (χ1n) is 6.74. The van der Waals surface area contributed by atoms with Gasteiger partial charge in [0, 0.05) is 13.1 Å². The number of carboxylic acids is 1. The van der Waals surface area contributed by atoms with E-state index < -0.39 is 5.97 Å². The molecule has 0 aliphatic carbocycles. The molecule has 1 aliphatic heterocycles. The van der Waals surface area contributed by atoms with Gasteiger partial charge in [-0.3, -0.25) is 0 Å². The number of hydrogen-bond donors (Lipinski definition) is 1. The Bertz CT molecular complexity index is 468. The largest absolute Gasteiger partial charge is 0.477 e. The topological polar surface area (TPSA) is 53.4 Å². The van der Waals surface area contributed by atoms with Crippen molar-refractivity contribution in [2.75, 3.05) is 18.0 Å². The number of hydrogen-bond acceptors (Lipinski definition) is 4. The molecule has 0 amide bonds. The first-order valence-corrected chi connectivity index (χ1v) is 7.56. The van der Waals surface area contributed by atoms with Crippen molar-refractivity contribution in [3.63, 3.8) is 0 Å². The Morgan fingerprint density at radius 3 is 2.37 bits per heavy atom. The van der Waals surface area contributed by atoms with Crippen LogP contribution in [0.3, 0.4) is 0 Å². The third-order valence-electron chi connectivity index (χ3n) is 3.97. The van der Waals surface area contributed by atoms with Crippen molar-refractivity contribution in [3.8, 4) is 0 Å². The number of piperidine rings is 1. The number of aryl methyl sites for hydroxylation is 1. The fourth-order valence-electron chi connectivity index (χ4n) is 2.65. The summed E-state index contributed by atoms with van der Waals surface area (Å²) in [4.78, 5) is 18.1. The monoisotopic (exact) mass is 282 g/mol. The van der Waals surface area contributed by atoms with Gasteiger partial charge in [-0.2, -0.15) is 0 Å². The standard InChI is InChI=1S/C14H22N2O2S/c1-9-11(12(17)18)19-13(15-9)16-7-5-10(6-8-16)14(2,3)4/h10H,5-8H2,1-4H3,(H,17,18). The predicted octanol–water partition coefficient (Wildman–Crippen LogP) is 3.41. The van der Waals surface area contributed by atoms with E-state index in [4.69, 9.17) is 5.11 Å². The predicted molar refractivity (Wildman–Crippen MR) is 78.2 cm³/mol. The normalized spacial score (nSPS) is 17.8. The molecule has 1 saturated heterocycles. The molecule has 2 heterocycles. The van der Waals surface area contributed by atoms with Gasteiger partial charge in [0.2, 0.25) is 0 Å². The molecular formula is C14H22N2O2S. The van der Waals surface area contributed by atoms with Gasteiger partial charge in [0.15, 0.2) is 5.13 Å². The molecule has 1 aromatic rings. The van der Waals surface area contributed by atoms with Crippen LogP contribution in [0, 0.1) is 18.3 Å². The van der Waals surface area contributed by atoms with Crippen molar-refractivity contribution in [1.82, 2.24) is 4.98 Å². The van der Waals surface area contributed by atoms with Crippen LogP contribution in [0.2, 0.25) is 0 Å². The van der Waals surface area contributed by atoms with Crippen molar-refractivity contribution >= 4 is 22.4 Å². The summed E-state index contributed by atoms with van der Waals surface area (Å²) in [5.74, 6) is -0.130. The minimum Gasteiger partial charge on any atom is -0.477 e. The van der Waals surface area contributed by atoms with Crippen LogP contribution in [0.1, 0.15) is 49.0 Å². The van der Waals surface area contributed by atoms with Crippen LogP contribution in [-0.2, 0) is 0 Å². The zero-order valence-electron chi connectivity index (χ0n) is 12.1.